The molecule has 42 heavy (non-hydrogen) atoms. The van der Waals surface area contributed by atoms with E-state index in [0.717, 1.165) is 19.3 Å². The average Bonchev–Trinajstić information content (AvgIpc) is 3.19. The van der Waals surface area contributed by atoms with Crippen LogP contribution >= 0.6 is 0 Å². The fraction of sp³-hybridized carbons (Fsp3) is 0.939. The lowest BCUT2D eigenvalue weighted by atomic mass is 9.42. The summed E-state index contributed by atoms with van der Waals surface area (Å²) in [5.74, 6) is -0.0622. The van der Waals surface area contributed by atoms with Gasteiger partial charge in [0.05, 0.1) is 36.6 Å². The topological polar surface area (TPSA) is 149 Å². The van der Waals surface area contributed by atoms with E-state index in [4.69, 9.17) is 14.2 Å². The van der Waals surface area contributed by atoms with E-state index in [1.54, 1.807) is 0 Å². The Morgan fingerprint density at radius 3 is 2.24 bits per heavy atom. The molecule has 16 atom stereocenters. The molecular formula is C33H56O9. The quantitative estimate of drug-likeness (QED) is 0.244. The Kier molecular flexibility index (Phi) is 9.32. The molecule has 0 amide bonds. The van der Waals surface area contributed by atoms with E-state index in [9.17, 15) is 30.6 Å². The number of rotatable bonds is 7. The standard InChI is InChI=1S/C33H56O9/c1-17(2)25(42-30-27(38)28(40-6)24(37)16-41-30)8-7-18(3)20-14-22(35)29-32(20,5)12-10-26-31(4)11-9-19(34)13-21(31)23(36)15-33(26,29)39/h7-8,17-30,34-39H,9-16H2,1-6H3/b8-7+/t18-,19+,20-,21+,22-,23+,24-,25+,26-,27-,28+,29-,30+,31+,32-,33+/m1/s1. The van der Waals surface area contributed by atoms with Crippen LogP contribution in [-0.2, 0) is 14.2 Å². The number of allylic oxidation sites excluding steroid dienone is 1. The van der Waals surface area contributed by atoms with Gasteiger partial charge in [0.15, 0.2) is 6.29 Å². The van der Waals surface area contributed by atoms with Gasteiger partial charge in [-0.3, -0.25) is 0 Å². The van der Waals surface area contributed by atoms with Gasteiger partial charge >= 0.3 is 0 Å². The molecule has 4 aliphatic carbocycles. The van der Waals surface area contributed by atoms with Crippen LogP contribution in [0.1, 0.15) is 79.6 Å². The molecule has 5 rings (SSSR count). The second-order valence-electron chi connectivity index (χ2n) is 15.3. The predicted octanol–water partition coefficient (Wildman–Crippen LogP) is 2.39. The lowest BCUT2D eigenvalue weighted by molar-refractivity contribution is -0.284. The summed E-state index contributed by atoms with van der Waals surface area (Å²) in [6.07, 6.45) is 2.94. The van der Waals surface area contributed by atoms with E-state index in [1.807, 2.05) is 19.9 Å². The summed E-state index contributed by atoms with van der Waals surface area (Å²) < 4.78 is 17.1. The molecule has 4 saturated carbocycles. The number of hydrogen-bond acceptors (Lipinski definition) is 9. The van der Waals surface area contributed by atoms with Gasteiger partial charge < -0.3 is 44.8 Å². The smallest absolute Gasteiger partial charge is 0.186 e. The highest BCUT2D eigenvalue weighted by atomic mass is 16.7. The van der Waals surface area contributed by atoms with E-state index in [1.165, 1.54) is 7.11 Å². The van der Waals surface area contributed by atoms with Crippen LogP contribution in [0.5, 0.6) is 0 Å². The number of methoxy groups -OCH3 is 1. The van der Waals surface area contributed by atoms with Crippen LogP contribution in [0.25, 0.3) is 0 Å². The molecule has 0 radical (unpaired) electrons. The molecule has 9 nitrogen and oxygen atoms in total. The lowest BCUT2D eigenvalue weighted by Gasteiger charge is -2.66. The van der Waals surface area contributed by atoms with Crippen molar-refractivity contribution in [2.24, 2.45) is 46.3 Å². The third-order valence-electron chi connectivity index (χ3n) is 12.6. The van der Waals surface area contributed by atoms with Gasteiger partial charge in [-0.05, 0) is 78.9 Å². The summed E-state index contributed by atoms with van der Waals surface area (Å²) in [6, 6.07) is 0. The van der Waals surface area contributed by atoms with Gasteiger partial charge in [-0.2, -0.15) is 0 Å². The maximum absolute atomic E-state index is 12.5. The van der Waals surface area contributed by atoms with Gasteiger partial charge in [-0.1, -0.05) is 46.8 Å². The van der Waals surface area contributed by atoms with Gasteiger partial charge in [-0.25, -0.2) is 0 Å². The van der Waals surface area contributed by atoms with E-state index in [2.05, 4.69) is 26.8 Å². The number of hydrogen-bond donors (Lipinski definition) is 6. The Bertz CT molecular complexity index is 975. The molecule has 5 aliphatic rings. The predicted molar refractivity (Wildman–Crippen MR) is 156 cm³/mol. The lowest BCUT2D eigenvalue weighted by Crippen LogP contribution is -2.68. The molecule has 0 unspecified atom stereocenters. The highest BCUT2D eigenvalue weighted by Gasteiger charge is 2.70. The van der Waals surface area contributed by atoms with Gasteiger partial charge in [0, 0.05) is 19.4 Å². The minimum Gasteiger partial charge on any atom is -0.393 e. The second-order valence-corrected chi connectivity index (χ2v) is 15.3. The fourth-order valence-electron chi connectivity index (χ4n) is 10.5. The van der Waals surface area contributed by atoms with E-state index in [0.29, 0.717) is 19.3 Å². The van der Waals surface area contributed by atoms with Gasteiger partial charge in [-0.15, -0.1) is 0 Å². The van der Waals surface area contributed by atoms with E-state index < -0.39 is 48.5 Å². The second kappa shape index (κ2) is 12.0. The van der Waals surface area contributed by atoms with E-state index in [-0.39, 0.29) is 65.5 Å². The van der Waals surface area contributed by atoms with Crippen molar-refractivity contribution in [3.05, 3.63) is 12.2 Å². The summed E-state index contributed by atoms with van der Waals surface area (Å²) in [5, 5.41) is 66.6. The Labute approximate surface area is 251 Å². The number of ether oxygens (including phenoxy) is 3. The first kappa shape index (κ1) is 32.8. The fourth-order valence-corrected chi connectivity index (χ4v) is 10.5. The molecule has 0 aromatic carbocycles. The zero-order valence-electron chi connectivity index (χ0n) is 26.3. The molecule has 0 aromatic rings. The summed E-state index contributed by atoms with van der Waals surface area (Å²) in [5.41, 5.74) is -1.72. The number of aliphatic hydroxyl groups excluding tert-OH is 5. The Balaban J connectivity index is 1.33. The van der Waals surface area contributed by atoms with Crippen molar-refractivity contribution in [1.29, 1.82) is 0 Å². The molecule has 0 bridgehead atoms. The summed E-state index contributed by atoms with van der Waals surface area (Å²) in [7, 11) is 1.45. The van der Waals surface area contributed by atoms with Crippen molar-refractivity contribution < 1.29 is 44.8 Å². The van der Waals surface area contributed by atoms with Crippen molar-refractivity contribution in [3.63, 3.8) is 0 Å². The Morgan fingerprint density at radius 1 is 0.881 bits per heavy atom. The van der Waals surface area contributed by atoms with Gasteiger partial charge in [0.25, 0.3) is 0 Å². The van der Waals surface area contributed by atoms with Crippen LogP contribution in [0, 0.1) is 46.3 Å². The zero-order chi connectivity index (χ0) is 30.8. The van der Waals surface area contributed by atoms with Crippen molar-refractivity contribution in [1.82, 2.24) is 0 Å². The van der Waals surface area contributed by atoms with Crippen molar-refractivity contribution >= 4 is 0 Å². The third-order valence-corrected chi connectivity index (χ3v) is 12.6. The normalized spacial score (nSPS) is 52.5. The molecule has 0 spiro atoms. The van der Waals surface area contributed by atoms with Gasteiger partial charge in [0.2, 0.25) is 0 Å². The molecule has 0 aromatic heterocycles. The molecule has 5 fully saturated rings. The molecule has 1 aliphatic heterocycles. The molecular weight excluding hydrogens is 540 g/mol. The van der Waals surface area contributed by atoms with Crippen LogP contribution in [-0.4, -0.2) is 99.0 Å². The molecule has 1 saturated heterocycles. The maximum atomic E-state index is 12.5. The highest BCUT2D eigenvalue weighted by Crippen LogP contribution is 2.69. The van der Waals surface area contributed by atoms with Crippen LogP contribution < -0.4 is 0 Å². The highest BCUT2D eigenvalue weighted by molar-refractivity contribution is 5.20. The molecule has 9 heteroatoms. The summed E-state index contributed by atoms with van der Waals surface area (Å²) in [4.78, 5) is 0. The zero-order valence-corrected chi connectivity index (χ0v) is 26.3. The SMILES string of the molecule is CO[C@@H]1[C@@H](O)[C@H](O[C@@H](/C=C/[C@@H](C)[C@H]2C[C@@H](O)[C@@H]3[C@]2(C)CC[C@@H]2[C@@]4(C)CC[C@H](O)C[C@H]4[C@@H](O)C[C@]23O)C(C)C)OC[C@H]1O. The third kappa shape index (κ3) is 5.32. The molecule has 242 valence electrons. The largest absolute Gasteiger partial charge is 0.393 e. The Hall–Kier alpha value is -0.620. The van der Waals surface area contributed by atoms with Crippen molar-refractivity contribution in [2.75, 3.05) is 13.7 Å². The summed E-state index contributed by atoms with van der Waals surface area (Å²) >= 11 is 0. The average molecular weight is 597 g/mol. The van der Waals surface area contributed by atoms with Gasteiger partial charge in [0.1, 0.15) is 18.3 Å². The number of aliphatic hydroxyl groups is 6. The first-order chi connectivity index (χ1) is 19.7. The first-order valence-corrected chi connectivity index (χ1v) is 16.3. The monoisotopic (exact) mass is 596 g/mol. The number of fused-ring (bicyclic) bond motifs is 5. The van der Waals surface area contributed by atoms with Crippen LogP contribution in [0.3, 0.4) is 0 Å². The van der Waals surface area contributed by atoms with Crippen molar-refractivity contribution in [2.45, 2.75) is 134 Å². The minimum absolute atomic E-state index is 0.0155. The minimum atomic E-state index is -1.15. The first-order valence-electron chi connectivity index (χ1n) is 16.3. The van der Waals surface area contributed by atoms with E-state index >= 15 is 0 Å². The van der Waals surface area contributed by atoms with Crippen LogP contribution in [0.2, 0.25) is 0 Å². The van der Waals surface area contributed by atoms with Crippen molar-refractivity contribution in [3.8, 4) is 0 Å². The summed E-state index contributed by atoms with van der Waals surface area (Å²) in [6.45, 7) is 10.7. The maximum Gasteiger partial charge on any atom is 0.186 e. The molecule has 1 heterocycles. The Morgan fingerprint density at radius 2 is 1.57 bits per heavy atom. The molecule has 6 N–H and O–H groups in total. The van der Waals surface area contributed by atoms with Crippen LogP contribution in [0.4, 0.5) is 0 Å². The van der Waals surface area contributed by atoms with Crippen LogP contribution in [0.15, 0.2) is 12.2 Å².